The number of aromatic nitrogens is 2. The minimum Gasteiger partial charge on any atom is -0.512 e. The van der Waals surface area contributed by atoms with Crippen LogP contribution < -0.4 is 0 Å². The van der Waals surface area contributed by atoms with E-state index in [9.17, 15) is 9.90 Å². The molecular weight excluding hydrogens is 761 g/mol. The molecular formula is C41H49IrN2O3-. The van der Waals surface area contributed by atoms with Crippen molar-refractivity contribution in [2.24, 2.45) is 10.8 Å². The van der Waals surface area contributed by atoms with Crippen molar-refractivity contribution in [2.75, 3.05) is 0 Å². The quantitative estimate of drug-likeness (QED) is 0.0912. The Bertz CT molecular complexity index is 1840. The average Bonchev–Trinajstić information content (AvgIpc) is 3.56. The van der Waals surface area contributed by atoms with Crippen molar-refractivity contribution >= 4 is 27.7 Å². The molecule has 3 heterocycles. The Morgan fingerprint density at radius 2 is 1.49 bits per heavy atom. The second-order valence-corrected chi connectivity index (χ2v) is 13.7. The zero-order chi connectivity index (χ0) is 33.7. The third kappa shape index (κ3) is 8.28. The van der Waals surface area contributed by atoms with Gasteiger partial charge in [0.15, 0.2) is 11.4 Å². The molecule has 0 atom stereocenters. The van der Waals surface area contributed by atoms with E-state index in [0.717, 1.165) is 64.6 Å². The second kappa shape index (κ2) is 15.5. The van der Waals surface area contributed by atoms with Gasteiger partial charge in [0.1, 0.15) is 11.3 Å². The molecule has 6 heteroatoms. The van der Waals surface area contributed by atoms with Gasteiger partial charge in [-0.2, -0.15) is 0 Å². The molecule has 1 N–H and O–H groups in total. The number of hydrogen-bond donors (Lipinski definition) is 1. The number of allylic oxidation sites excluding steroid dienone is 2. The van der Waals surface area contributed by atoms with Crippen LogP contribution in [-0.4, -0.2) is 20.9 Å². The van der Waals surface area contributed by atoms with Crippen LogP contribution in [0.15, 0.2) is 89.5 Å². The molecule has 0 aliphatic heterocycles. The van der Waals surface area contributed by atoms with Crippen LogP contribution in [0.4, 0.5) is 0 Å². The first kappa shape index (κ1) is 37.9. The molecule has 0 spiro atoms. The van der Waals surface area contributed by atoms with Gasteiger partial charge in [-0.25, -0.2) is 0 Å². The maximum absolute atomic E-state index is 12.2. The van der Waals surface area contributed by atoms with Crippen LogP contribution in [-0.2, 0) is 30.3 Å². The average molecular weight is 810 g/mol. The molecule has 5 aromatic rings. The van der Waals surface area contributed by atoms with E-state index in [4.69, 9.17) is 4.42 Å². The number of pyridine rings is 2. The summed E-state index contributed by atoms with van der Waals surface area (Å²) in [6.07, 6.45) is 10.1. The van der Waals surface area contributed by atoms with Gasteiger partial charge in [0.2, 0.25) is 0 Å². The summed E-state index contributed by atoms with van der Waals surface area (Å²) < 4.78 is 5.68. The van der Waals surface area contributed by atoms with Crippen LogP contribution in [0.5, 0.6) is 0 Å². The monoisotopic (exact) mass is 810 g/mol. The fourth-order valence-corrected chi connectivity index (χ4v) is 5.52. The van der Waals surface area contributed by atoms with E-state index in [0.29, 0.717) is 0 Å². The Morgan fingerprint density at radius 1 is 0.851 bits per heavy atom. The van der Waals surface area contributed by atoms with Crippen molar-refractivity contribution in [1.82, 2.24) is 9.97 Å². The zero-order valence-electron chi connectivity index (χ0n) is 29.3. The van der Waals surface area contributed by atoms with Crippen molar-refractivity contribution in [3.8, 4) is 22.4 Å². The molecule has 0 saturated heterocycles. The molecule has 47 heavy (non-hydrogen) atoms. The number of aliphatic hydroxyl groups excluding tert-OH is 1. The smallest absolute Gasteiger partial charge is 0.164 e. The number of rotatable bonds is 9. The van der Waals surface area contributed by atoms with Gasteiger partial charge in [0, 0.05) is 66.7 Å². The molecule has 0 bridgehead atoms. The van der Waals surface area contributed by atoms with Crippen LogP contribution in [0.25, 0.3) is 44.3 Å². The number of furan rings is 1. The Kier molecular flexibility index (Phi) is 12.5. The number of carbonyl (C=O) groups excluding carboxylic acids is 1. The molecule has 251 valence electrons. The fourth-order valence-electron chi connectivity index (χ4n) is 5.52. The van der Waals surface area contributed by atoms with E-state index >= 15 is 0 Å². The molecule has 2 aromatic carbocycles. The van der Waals surface area contributed by atoms with Gasteiger partial charge in [0.25, 0.3) is 0 Å². The molecule has 0 aliphatic carbocycles. The minimum atomic E-state index is -0.337. The van der Waals surface area contributed by atoms with E-state index < -0.39 is 0 Å². The largest absolute Gasteiger partial charge is 0.512 e. The molecule has 3 aromatic heterocycles. The number of fused-ring (bicyclic) bond motifs is 2. The predicted molar refractivity (Wildman–Crippen MR) is 191 cm³/mol. The van der Waals surface area contributed by atoms with Crippen LogP contribution in [0.1, 0.15) is 93.6 Å². The van der Waals surface area contributed by atoms with Crippen molar-refractivity contribution in [3.05, 3.63) is 96.7 Å². The molecule has 5 rings (SSSR count). The topological polar surface area (TPSA) is 76.2 Å². The van der Waals surface area contributed by atoms with Crippen LogP contribution in [0, 0.1) is 16.9 Å². The molecule has 0 fully saturated rings. The van der Waals surface area contributed by atoms with Gasteiger partial charge >= 0.3 is 0 Å². The van der Waals surface area contributed by atoms with E-state index in [1.165, 1.54) is 17.0 Å². The summed E-state index contributed by atoms with van der Waals surface area (Å²) in [5.41, 5.74) is 6.33. The summed E-state index contributed by atoms with van der Waals surface area (Å²) in [4.78, 5) is 21.2. The molecule has 0 aliphatic rings. The van der Waals surface area contributed by atoms with Crippen LogP contribution in [0.3, 0.4) is 0 Å². The van der Waals surface area contributed by atoms with E-state index in [1.54, 1.807) is 6.26 Å². The van der Waals surface area contributed by atoms with Crippen LogP contribution >= 0.6 is 0 Å². The van der Waals surface area contributed by atoms with Gasteiger partial charge < -0.3 is 9.52 Å². The summed E-state index contributed by atoms with van der Waals surface area (Å²) in [6.45, 7) is 18.8. The Hall–Kier alpha value is -3.60. The Labute approximate surface area is 294 Å². The fraction of sp³-hybridized carbons (Fsp3) is 0.390. The van der Waals surface area contributed by atoms with Gasteiger partial charge in [-0.1, -0.05) is 97.5 Å². The maximum atomic E-state index is 12.2. The van der Waals surface area contributed by atoms with Gasteiger partial charge in [-0.05, 0) is 48.8 Å². The number of hydrogen-bond acceptors (Lipinski definition) is 5. The Morgan fingerprint density at radius 3 is 2.13 bits per heavy atom. The third-order valence-corrected chi connectivity index (χ3v) is 9.88. The first-order valence-electron chi connectivity index (χ1n) is 16.5. The summed E-state index contributed by atoms with van der Waals surface area (Å²) in [6, 6.07) is 22.2. The minimum absolute atomic E-state index is 0. The number of nitrogens with zero attached hydrogens (tertiary/aromatic N) is 2. The molecule has 0 unspecified atom stereocenters. The van der Waals surface area contributed by atoms with Gasteiger partial charge in [-0.3, -0.25) is 14.8 Å². The maximum Gasteiger partial charge on any atom is 0.164 e. The summed E-state index contributed by atoms with van der Waals surface area (Å²) in [5, 5.41) is 12.5. The Balaban J connectivity index is 0.000000290. The molecule has 0 saturated carbocycles. The normalized spacial score (nSPS) is 12.4. The van der Waals surface area contributed by atoms with E-state index in [-0.39, 0.29) is 47.9 Å². The van der Waals surface area contributed by atoms with E-state index in [1.807, 2.05) is 72.1 Å². The summed E-state index contributed by atoms with van der Waals surface area (Å²) >= 11 is 0. The molecule has 5 nitrogen and oxygen atoms in total. The first-order valence-corrected chi connectivity index (χ1v) is 16.5. The van der Waals surface area contributed by atoms with Crippen LogP contribution in [0.2, 0.25) is 0 Å². The standard InChI is InChI=1S/C26H21N2O.C15H28O2.Ir/c1-26(2,3)22-15-19(14-17-6-4-5-7-20(17)22)24-16-18(8-11-28-24)21-9-12-27-23-10-13-29-25(21)23;1-7-14(5,8-2)12(16)11-13(17)15(6,9-3)10-4;/h4-13,15-16H,1-3H3;11,16H,7-10H2,1-6H3;/q-1;;/b;12-11-;. The predicted octanol–water partition coefficient (Wildman–Crippen LogP) is 11.5. The summed E-state index contributed by atoms with van der Waals surface area (Å²) in [5.74, 6) is 0.286. The number of benzene rings is 2. The van der Waals surface area contributed by atoms with Crippen molar-refractivity contribution in [3.63, 3.8) is 0 Å². The third-order valence-electron chi connectivity index (χ3n) is 9.88. The van der Waals surface area contributed by atoms with E-state index in [2.05, 4.69) is 73.2 Å². The van der Waals surface area contributed by atoms with Crippen molar-refractivity contribution in [2.45, 2.75) is 93.4 Å². The molecule has 1 radical (unpaired) electrons. The molecule has 0 amide bonds. The summed E-state index contributed by atoms with van der Waals surface area (Å²) in [7, 11) is 0. The first-order chi connectivity index (χ1) is 21.8. The van der Waals surface area contributed by atoms with Gasteiger partial charge in [-0.15, -0.1) is 29.1 Å². The van der Waals surface area contributed by atoms with Gasteiger partial charge in [0.05, 0.1) is 6.26 Å². The van der Waals surface area contributed by atoms with Crippen molar-refractivity contribution < 1.29 is 34.4 Å². The number of aliphatic hydroxyl groups is 1. The number of ketones is 1. The van der Waals surface area contributed by atoms with Crippen molar-refractivity contribution in [1.29, 1.82) is 0 Å². The number of carbonyl (C=O) groups is 1. The SMILES string of the molecule is CC(C)(C)c1cc(-c2cc(-c3ccnc4ccoc34)ccn2)[c-]c2ccccc12.CCC(C)(CC)C(=O)/C=C(\O)C(C)(CC)CC.[Ir]. The zero-order valence-corrected chi connectivity index (χ0v) is 31.7. The second-order valence-electron chi connectivity index (χ2n) is 13.7.